The zero-order valence-corrected chi connectivity index (χ0v) is 17.8. The molecule has 3 aromatic rings. The topological polar surface area (TPSA) is 67.0 Å². The maximum absolute atomic E-state index is 12.2. The summed E-state index contributed by atoms with van der Waals surface area (Å²) in [6.45, 7) is 5.20. The normalized spacial score (nSPS) is 11.1. The number of halogens is 2. The molecule has 0 bridgehead atoms. The van der Waals surface area contributed by atoms with E-state index in [4.69, 9.17) is 27.9 Å². The fourth-order valence-corrected chi connectivity index (χ4v) is 3.31. The standard InChI is InChI=1S/C22H23Cl2N3O2/c1-14(2)29-11-3-10-25-22(28)16-6-4-15(5-7-16)20-13-21(27-26-20)18-9-8-17(23)12-19(18)24/h4-9,12-14H,3,10-11H2,1-2H3,(H,25,28)(H,26,27). The van der Waals surface area contributed by atoms with Crippen molar-refractivity contribution in [2.45, 2.75) is 26.4 Å². The summed E-state index contributed by atoms with van der Waals surface area (Å²) in [6, 6.07) is 14.6. The Morgan fingerprint density at radius 2 is 1.90 bits per heavy atom. The van der Waals surface area contributed by atoms with E-state index in [1.54, 1.807) is 24.3 Å². The summed E-state index contributed by atoms with van der Waals surface area (Å²) < 4.78 is 5.47. The summed E-state index contributed by atoms with van der Waals surface area (Å²) in [5, 5.41) is 11.4. The predicted octanol–water partition coefficient (Wildman–Crippen LogP) is 5.60. The van der Waals surface area contributed by atoms with Crippen molar-refractivity contribution < 1.29 is 9.53 Å². The molecule has 0 fully saturated rings. The molecule has 2 N–H and O–H groups in total. The molecular formula is C22H23Cl2N3O2. The Bertz CT molecular complexity index is 968. The maximum atomic E-state index is 12.2. The molecule has 7 heteroatoms. The first-order valence-electron chi connectivity index (χ1n) is 9.45. The first-order chi connectivity index (χ1) is 13.9. The lowest BCUT2D eigenvalue weighted by Crippen LogP contribution is -2.25. The zero-order chi connectivity index (χ0) is 20.8. The minimum Gasteiger partial charge on any atom is -0.379 e. The number of hydrogen-bond acceptors (Lipinski definition) is 3. The van der Waals surface area contributed by atoms with E-state index < -0.39 is 0 Å². The van der Waals surface area contributed by atoms with Gasteiger partial charge in [0.2, 0.25) is 0 Å². The number of ether oxygens (including phenoxy) is 1. The highest BCUT2D eigenvalue weighted by Crippen LogP contribution is 2.31. The first kappa shape index (κ1) is 21.4. The lowest BCUT2D eigenvalue weighted by atomic mass is 10.1. The van der Waals surface area contributed by atoms with Crippen LogP contribution >= 0.6 is 23.2 Å². The Morgan fingerprint density at radius 3 is 2.59 bits per heavy atom. The highest BCUT2D eigenvalue weighted by atomic mass is 35.5. The number of rotatable bonds is 8. The summed E-state index contributed by atoms with van der Waals surface area (Å²) in [6.07, 6.45) is 0.988. The molecular weight excluding hydrogens is 409 g/mol. The summed E-state index contributed by atoms with van der Waals surface area (Å²) in [7, 11) is 0. The number of aromatic nitrogens is 2. The average molecular weight is 432 g/mol. The molecule has 0 saturated heterocycles. The third kappa shape index (κ3) is 5.82. The second-order valence-electron chi connectivity index (χ2n) is 6.90. The number of carbonyl (C=O) groups excluding carboxylic acids is 1. The molecule has 0 spiro atoms. The van der Waals surface area contributed by atoms with Crippen molar-refractivity contribution in [3.8, 4) is 22.5 Å². The summed E-state index contributed by atoms with van der Waals surface area (Å²) in [5.74, 6) is -0.100. The number of amides is 1. The largest absolute Gasteiger partial charge is 0.379 e. The molecule has 1 aromatic heterocycles. The van der Waals surface area contributed by atoms with Gasteiger partial charge in [-0.15, -0.1) is 0 Å². The number of nitrogens with zero attached hydrogens (tertiary/aromatic N) is 1. The van der Waals surface area contributed by atoms with Gasteiger partial charge in [0.25, 0.3) is 5.91 Å². The van der Waals surface area contributed by atoms with E-state index in [9.17, 15) is 4.79 Å². The van der Waals surface area contributed by atoms with Gasteiger partial charge in [-0.25, -0.2) is 0 Å². The SMILES string of the molecule is CC(C)OCCCNC(=O)c1ccc(-c2cc(-c3ccc(Cl)cc3Cl)[nH]n2)cc1. The van der Waals surface area contributed by atoms with Crippen molar-refractivity contribution in [1.29, 1.82) is 0 Å². The van der Waals surface area contributed by atoms with Gasteiger partial charge < -0.3 is 10.1 Å². The van der Waals surface area contributed by atoms with Crippen LogP contribution in [0.4, 0.5) is 0 Å². The second-order valence-corrected chi connectivity index (χ2v) is 7.74. The van der Waals surface area contributed by atoms with Gasteiger partial charge in [-0.1, -0.05) is 35.3 Å². The van der Waals surface area contributed by atoms with E-state index in [0.29, 0.717) is 28.8 Å². The smallest absolute Gasteiger partial charge is 0.251 e. The number of benzene rings is 2. The fraction of sp³-hybridized carbons (Fsp3) is 0.273. The van der Waals surface area contributed by atoms with Crippen LogP contribution in [0.1, 0.15) is 30.6 Å². The number of H-pyrrole nitrogens is 1. The third-order valence-corrected chi connectivity index (χ3v) is 4.85. The van der Waals surface area contributed by atoms with E-state index in [-0.39, 0.29) is 12.0 Å². The molecule has 5 nitrogen and oxygen atoms in total. The molecule has 0 saturated carbocycles. The quantitative estimate of drug-likeness (QED) is 0.456. The molecule has 1 heterocycles. The van der Waals surface area contributed by atoms with Crippen molar-refractivity contribution in [2.75, 3.05) is 13.2 Å². The van der Waals surface area contributed by atoms with E-state index in [2.05, 4.69) is 15.5 Å². The van der Waals surface area contributed by atoms with E-state index >= 15 is 0 Å². The van der Waals surface area contributed by atoms with Crippen LogP contribution in [-0.4, -0.2) is 35.4 Å². The van der Waals surface area contributed by atoms with Gasteiger partial charge in [0.1, 0.15) is 0 Å². The van der Waals surface area contributed by atoms with Crippen LogP contribution in [0, 0.1) is 0 Å². The van der Waals surface area contributed by atoms with Crippen molar-refractivity contribution >= 4 is 29.1 Å². The molecule has 0 aliphatic rings. The lowest BCUT2D eigenvalue weighted by molar-refractivity contribution is 0.0757. The molecule has 0 radical (unpaired) electrons. The maximum Gasteiger partial charge on any atom is 0.251 e. The van der Waals surface area contributed by atoms with Crippen LogP contribution in [0.3, 0.4) is 0 Å². The van der Waals surface area contributed by atoms with Crippen LogP contribution in [-0.2, 0) is 4.74 Å². The Hall–Kier alpha value is -2.34. The van der Waals surface area contributed by atoms with Gasteiger partial charge in [-0.3, -0.25) is 9.89 Å². The van der Waals surface area contributed by atoms with Gasteiger partial charge in [-0.2, -0.15) is 5.10 Å². The third-order valence-electron chi connectivity index (χ3n) is 4.30. The number of aromatic amines is 1. The monoisotopic (exact) mass is 431 g/mol. The average Bonchev–Trinajstić information content (AvgIpc) is 3.17. The summed E-state index contributed by atoms with van der Waals surface area (Å²) in [5.41, 5.74) is 3.90. The van der Waals surface area contributed by atoms with Crippen molar-refractivity contribution in [1.82, 2.24) is 15.5 Å². The van der Waals surface area contributed by atoms with Crippen LogP contribution in [0.15, 0.2) is 48.5 Å². The minimum atomic E-state index is -0.100. The highest BCUT2D eigenvalue weighted by Gasteiger charge is 2.11. The summed E-state index contributed by atoms with van der Waals surface area (Å²) in [4.78, 5) is 12.2. The molecule has 29 heavy (non-hydrogen) atoms. The minimum absolute atomic E-state index is 0.100. The molecule has 0 atom stereocenters. The van der Waals surface area contributed by atoms with E-state index in [0.717, 1.165) is 28.9 Å². The van der Waals surface area contributed by atoms with Crippen molar-refractivity contribution in [2.24, 2.45) is 0 Å². The van der Waals surface area contributed by atoms with Crippen LogP contribution < -0.4 is 5.32 Å². The first-order valence-corrected chi connectivity index (χ1v) is 10.2. The van der Waals surface area contributed by atoms with Gasteiger partial charge in [0, 0.05) is 34.9 Å². The van der Waals surface area contributed by atoms with E-state index in [1.165, 1.54) is 0 Å². The molecule has 2 aromatic carbocycles. The molecule has 0 aliphatic heterocycles. The van der Waals surface area contributed by atoms with Gasteiger partial charge in [-0.05, 0) is 56.7 Å². The van der Waals surface area contributed by atoms with Gasteiger partial charge in [0.15, 0.2) is 0 Å². The van der Waals surface area contributed by atoms with Crippen molar-refractivity contribution in [3.05, 3.63) is 64.1 Å². The number of nitrogens with one attached hydrogen (secondary N) is 2. The molecule has 152 valence electrons. The van der Waals surface area contributed by atoms with Crippen LogP contribution in [0.25, 0.3) is 22.5 Å². The zero-order valence-electron chi connectivity index (χ0n) is 16.3. The predicted molar refractivity (Wildman–Crippen MR) is 118 cm³/mol. The molecule has 1 amide bonds. The van der Waals surface area contributed by atoms with Gasteiger partial charge >= 0.3 is 0 Å². The van der Waals surface area contributed by atoms with E-state index in [1.807, 2.05) is 38.1 Å². The molecule has 3 rings (SSSR count). The highest BCUT2D eigenvalue weighted by molar-refractivity contribution is 6.36. The van der Waals surface area contributed by atoms with Crippen LogP contribution in [0.2, 0.25) is 10.0 Å². The summed E-state index contributed by atoms with van der Waals surface area (Å²) >= 11 is 12.2. The Morgan fingerprint density at radius 1 is 1.14 bits per heavy atom. The lowest BCUT2D eigenvalue weighted by Gasteiger charge is -2.08. The Kier molecular flexibility index (Phi) is 7.31. The van der Waals surface area contributed by atoms with Crippen LogP contribution in [0.5, 0.6) is 0 Å². The number of hydrogen-bond donors (Lipinski definition) is 2. The Balaban J connectivity index is 1.62. The number of carbonyl (C=O) groups is 1. The van der Waals surface area contributed by atoms with Crippen molar-refractivity contribution in [3.63, 3.8) is 0 Å². The molecule has 0 aliphatic carbocycles. The second kappa shape index (κ2) is 9.92. The van der Waals surface area contributed by atoms with Gasteiger partial charge in [0.05, 0.1) is 22.5 Å². The Labute approximate surface area is 180 Å². The molecule has 0 unspecified atom stereocenters. The fourth-order valence-electron chi connectivity index (χ4n) is 2.80.